The van der Waals surface area contributed by atoms with Gasteiger partial charge >= 0.3 is 12.1 Å². The zero-order chi connectivity index (χ0) is 26.3. The molecule has 0 aliphatic heterocycles. The highest BCUT2D eigenvalue weighted by Crippen LogP contribution is 2.39. The van der Waals surface area contributed by atoms with Gasteiger partial charge in [-0.05, 0) is 67.9 Å². The quantitative estimate of drug-likeness (QED) is 0.293. The van der Waals surface area contributed by atoms with E-state index in [0.717, 1.165) is 24.3 Å². The van der Waals surface area contributed by atoms with Crippen LogP contribution in [0.15, 0.2) is 60.7 Å². The number of aliphatic carboxylic acids is 1. The molecule has 0 aromatic heterocycles. The molecule has 0 aliphatic carbocycles. The van der Waals surface area contributed by atoms with Gasteiger partial charge in [0, 0.05) is 6.42 Å². The van der Waals surface area contributed by atoms with Crippen molar-refractivity contribution < 1.29 is 46.4 Å². The van der Waals surface area contributed by atoms with Gasteiger partial charge in [-0.1, -0.05) is 12.1 Å². The summed E-state index contributed by atoms with van der Waals surface area (Å²) in [4.78, 5) is 10.6. The average Bonchev–Trinajstić information content (AvgIpc) is 2.80. The molecular weight excluding hydrogens is 484 g/mol. The number of para-hydroxylation sites is 1. The summed E-state index contributed by atoms with van der Waals surface area (Å²) in [7, 11) is 0. The average molecular weight is 508 g/mol. The van der Waals surface area contributed by atoms with Crippen molar-refractivity contribution in [3.8, 4) is 28.7 Å². The Morgan fingerprint density at radius 2 is 1.67 bits per heavy atom. The molecule has 192 valence electrons. The maximum atomic E-state index is 14.0. The number of carboxylic acid groups (broad SMARTS) is 1. The molecule has 0 unspecified atom stereocenters. The van der Waals surface area contributed by atoms with Crippen LogP contribution in [0.1, 0.15) is 24.5 Å². The third kappa shape index (κ3) is 7.53. The summed E-state index contributed by atoms with van der Waals surface area (Å²) in [5.41, 5.74) is -0.263. The van der Waals surface area contributed by atoms with Crippen LogP contribution in [0, 0.1) is 12.7 Å². The van der Waals surface area contributed by atoms with Crippen LogP contribution in [0.3, 0.4) is 0 Å². The van der Waals surface area contributed by atoms with E-state index in [1.165, 1.54) is 18.2 Å². The lowest BCUT2D eigenvalue weighted by atomic mass is 10.2. The number of ether oxygens (including phenoxy) is 4. The third-order valence-corrected chi connectivity index (χ3v) is 4.95. The van der Waals surface area contributed by atoms with E-state index < -0.39 is 36.2 Å². The van der Waals surface area contributed by atoms with Crippen molar-refractivity contribution in [2.24, 2.45) is 0 Å². The molecule has 36 heavy (non-hydrogen) atoms. The maximum absolute atomic E-state index is 14.0. The van der Waals surface area contributed by atoms with Crippen LogP contribution in [0.25, 0.3) is 0 Å². The standard InChI is InChI=1S/C26H24F4O6/c1-16-13-19(8-10-21(16)34-15-25(31)32)33-12-11-17(2)35-23-9-7-18(26(28,29)30)14-24(23)36-22-6-4-3-5-20(22)27/h3-10,13-14,17H,11-12,15H2,1-2H3,(H,31,32)/t17-/m0/s1. The Hall–Kier alpha value is -3.95. The number of hydrogen-bond acceptors (Lipinski definition) is 5. The van der Waals surface area contributed by atoms with Crippen molar-refractivity contribution in [3.05, 3.63) is 77.6 Å². The van der Waals surface area contributed by atoms with Crippen molar-refractivity contribution in [2.75, 3.05) is 13.2 Å². The van der Waals surface area contributed by atoms with E-state index in [1.54, 1.807) is 32.0 Å². The Morgan fingerprint density at radius 1 is 0.944 bits per heavy atom. The van der Waals surface area contributed by atoms with Crippen LogP contribution >= 0.6 is 0 Å². The molecule has 0 fully saturated rings. The number of halogens is 4. The molecule has 0 aliphatic rings. The Kier molecular flexibility index (Phi) is 8.63. The number of aryl methyl sites for hydroxylation is 1. The fourth-order valence-electron chi connectivity index (χ4n) is 3.14. The minimum Gasteiger partial charge on any atom is -0.493 e. The number of carbonyl (C=O) groups is 1. The fourth-order valence-corrected chi connectivity index (χ4v) is 3.14. The van der Waals surface area contributed by atoms with Crippen molar-refractivity contribution in [2.45, 2.75) is 32.5 Å². The zero-order valence-electron chi connectivity index (χ0n) is 19.5. The van der Waals surface area contributed by atoms with Gasteiger partial charge in [0.15, 0.2) is 29.7 Å². The Balaban J connectivity index is 1.64. The van der Waals surface area contributed by atoms with E-state index in [-0.39, 0.29) is 23.9 Å². The number of hydrogen-bond donors (Lipinski definition) is 1. The van der Waals surface area contributed by atoms with E-state index in [1.807, 2.05) is 0 Å². The molecule has 1 atom stereocenters. The van der Waals surface area contributed by atoms with Crippen LogP contribution in [0.5, 0.6) is 28.7 Å². The van der Waals surface area contributed by atoms with Gasteiger partial charge in [0.2, 0.25) is 0 Å². The first-order chi connectivity index (χ1) is 17.0. The van der Waals surface area contributed by atoms with E-state index in [2.05, 4.69) is 0 Å². The van der Waals surface area contributed by atoms with Gasteiger partial charge < -0.3 is 24.1 Å². The SMILES string of the molecule is Cc1cc(OCC[C@H](C)Oc2ccc(C(F)(F)F)cc2Oc2ccccc2F)ccc1OCC(=O)O. The van der Waals surface area contributed by atoms with Gasteiger partial charge in [0.1, 0.15) is 11.5 Å². The van der Waals surface area contributed by atoms with Crippen LogP contribution in [-0.4, -0.2) is 30.4 Å². The largest absolute Gasteiger partial charge is 0.493 e. The molecule has 6 nitrogen and oxygen atoms in total. The van der Waals surface area contributed by atoms with E-state index in [9.17, 15) is 22.4 Å². The minimum atomic E-state index is -4.61. The number of rotatable bonds is 11. The molecule has 0 saturated carbocycles. The van der Waals surface area contributed by atoms with Crippen LogP contribution in [-0.2, 0) is 11.0 Å². The molecule has 0 heterocycles. The van der Waals surface area contributed by atoms with Crippen LogP contribution in [0.4, 0.5) is 17.6 Å². The minimum absolute atomic E-state index is 0.0227. The van der Waals surface area contributed by atoms with Gasteiger partial charge in [-0.15, -0.1) is 0 Å². The van der Waals surface area contributed by atoms with Crippen molar-refractivity contribution in [1.82, 2.24) is 0 Å². The lowest BCUT2D eigenvalue weighted by Crippen LogP contribution is -2.16. The maximum Gasteiger partial charge on any atom is 0.416 e. The number of carboxylic acids is 1. The van der Waals surface area contributed by atoms with E-state index >= 15 is 0 Å². The summed E-state index contributed by atoms with van der Waals surface area (Å²) >= 11 is 0. The smallest absolute Gasteiger partial charge is 0.416 e. The van der Waals surface area contributed by atoms with Gasteiger partial charge in [0.05, 0.1) is 18.3 Å². The van der Waals surface area contributed by atoms with Crippen molar-refractivity contribution >= 4 is 5.97 Å². The zero-order valence-corrected chi connectivity index (χ0v) is 19.5. The lowest BCUT2D eigenvalue weighted by molar-refractivity contribution is -0.139. The molecule has 0 saturated heterocycles. The van der Waals surface area contributed by atoms with Gasteiger partial charge in [-0.25, -0.2) is 9.18 Å². The molecule has 0 bridgehead atoms. The topological polar surface area (TPSA) is 74.2 Å². The molecule has 3 rings (SSSR count). The van der Waals surface area contributed by atoms with Gasteiger partial charge in [-0.2, -0.15) is 13.2 Å². The normalized spacial score (nSPS) is 12.1. The summed E-state index contributed by atoms with van der Waals surface area (Å²) in [6.07, 6.45) is -4.72. The first-order valence-corrected chi connectivity index (χ1v) is 10.9. The van der Waals surface area contributed by atoms with Crippen molar-refractivity contribution in [3.63, 3.8) is 0 Å². The number of benzene rings is 3. The highest BCUT2D eigenvalue weighted by molar-refractivity contribution is 5.68. The first-order valence-electron chi connectivity index (χ1n) is 10.9. The highest BCUT2D eigenvalue weighted by atomic mass is 19.4. The summed E-state index contributed by atoms with van der Waals surface area (Å²) in [6.45, 7) is 3.22. The van der Waals surface area contributed by atoms with E-state index in [0.29, 0.717) is 23.5 Å². The second-order valence-electron chi connectivity index (χ2n) is 7.87. The Bertz CT molecular complexity index is 1200. The van der Waals surface area contributed by atoms with Crippen molar-refractivity contribution in [1.29, 1.82) is 0 Å². The first kappa shape index (κ1) is 26.7. The highest BCUT2D eigenvalue weighted by Gasteiger charge is 2.32. The molecule has 10 heteroatoms. The third-order valence-electron chi connectivity index (χ3n) is 4.95. The second kappa shape index (κ2) is 11.7. The van der Waals surface area contributed by atoms with E-state index in [4.69, 9.17) is 24.1 Å². The predicted molar refractivity (Wildman–Crippen MR) is 122 cm³/mol. The second-order valence-corrected chi connectivity index (χ2v) is 7.87. The molecule has 0 spiro atoms. The predicted octanol–water partition coefficient (Wildman–Crippen LogP) is 6.65. The Labute approximate surface area is 205 Å². The monoisotopic (exact) mass is 508 g/mol. The van der Waals surface area contributed by atoms with Crippen LogP contribution in [0.2, 0.25) is 0 Å². The molecule has 3 aromatic rings. The molecule has 1 N–H and O–H groups in total. The summed E-state index contributed by atoms with van der Waals surface area (Å²) in [5, 5.41) is 8.71. The molecule has 0 amide bonds. The number of alkyl halides is 3. The molecule has 0 radical (unpaired) electrons. The fraction of sp³-hybridized carbons (Fsp3) is 0.269. The molecule has 3 aromatic carbocycles. The van der Waals surface area contributed by atoms with Crippen LogP contribution < -0.4 is 18.9 Å². The van der Waals surface area contributed by atoms with Gasteiger partial charge in [0.25, 0.3) is 0 Å². The summed E-state index contributed by atoms with van der Waals surface area (Å²) in [5.74, 6) is -1.34. The summed E-state index contributed by atoms with van der Waals surface area (Å²) in [6, 6.07) is 13.1. The summed E-state index contributed by atoms with van der Waals surface area (Å²) < 4.78 is 75.8. The Morgan fingerprint density at radius 3 is 2.33 bits per heavy atom. The lowest BCUT2D eigenvalue weighted by Gasteiger charge is -2.19. The molecular formula is C26H24F4O6. The van der Waals surface area contributed by atoms with Gasteiger partial charge in [-0.3, -0.25) is 0 Å².